The van der Waals surface area contributed by atoms with Gasteiger partial charge in [-0.2, -0.15) is 0 Å². The molecule has 0 aliphatic carbocycles. The fourth-order valence-electron chi connectivity index (χ4n) is 0.674. The fraction of sp³-hybridized carbons (Fsp3) is 0. The van der Waals surface area contributed by atoms with Crippen LogP contribution >= 0.6 is 0 Å². The number of aromatic nitrogens is 2. The first-order valence-corrected chi connectivity index (χ1v) is 3.73. The van der Waals surface area contributed by atoms with Crippen LogP contribution in [0.1, 0.15) is 0 Å². The Morgan fingerprint density at radius 3 is 2.79 bits per heavy atom. The summed E-state index contributed by atoms with van der Waals surface area (Å²) in [5.41, 5.74) is 0. The lowest BCUT2D eigenvalue weighted by atomic mass is 10.6. The molecule has 0 radical (unpaired) electrons. The molecule has 0 aliphatic rings. The normalized spacial score (nSPS) is 8.86. The number of hydrogen-bond donors (Lipinski definition) is 2. The van der Waals surface area contributed by atoms with Gasteiger partial charge in [-0.25, -0.2) is 9.78 Å². The minimum absolute atomic E-state index is 0.266. The van der Waals surface area contributed by atoms with Crippen molar-refractivity contribution in [1.29, 1.82) is 0 Å². The number of carbonyl (C=O) groups is 2. The highest BCUT2D eigenvalue weighted by Crippen LogP contribution is 1.95. The Bertz CT molecular complexity index is 350. The average molecular weight is 192 g/mol. The van der Waals surface area contributed by atoms with E-state index in [0.717, 1.165) is 6.08 Å². The van der Waals surface area contributed by atoms with E-state index in [9.17, 15) is 9.59 Å². The predicted octanol–water partition coefficient (Wildman–Crippen LogP) is 0.311. The molecular weight excluding hydrogens is 184 g/mol. The van der Waals surface area contributed by atoms with Crippen LogP contribution in [0.25, 0.3) is 0 Å². The van der Waals surface area contributed by atoms with E-state index in [4.69, 9.17) is 0 Å². The molecule has 3 amide bonds. The number of amides is 3. The van der Waals surface area contributed by atoms with Gasteiger partial charge in [0.2, 0.25) is 0 Å². The van der Waals surface area contributed by atoms with Crippen LogP contribution in [0.2, 0.25) is 0 Å². The largest absolute Gasteiger partial charge is 0.327 e. The SMILES string of the molecule is C=CC(=O)NC(=O)Nc1cnccn1. The van der Waals surface area contributed by atoms with E-state index in [-0.39, 0.29) is 5.82 Å². The number of carbonyl (C=O) groups excluding carboxylic acids is 2. The van der Waals surface area contributed by atoms with Crippen molar-refractivity contribution in [3.8, 4) is 0 Å². The Labute approximate surface area is 80.1 Å². The molecule has 0 atom stereocenters. The Kier molecular flexibility index (Phi) is 3.31. The molecule has 0 aromatic carbocycles. The van der Waals surface area contributed by atoms with Gasteiger partial charge in [-0.1, -0.05) is 6.58 Å². The van der Waals surface area contributed by atoms with Crippen LogP contribution in [0.3, 0.4) is 0 Å². The van der Waals surface area contributed by atoms with E-state index in [1.807, 2.05) is 5.32 Å². The second kappa shape index (κ2) is 4.70. The number of nitrogens with one attached hydrogen (secondary N) is 2. The zero-order valence-electron chi connectivity index (χ0n) is 7.23. The summed E-state index contributed by atoms with van der Waals surface area (Å²) in [6, 6.07) is -0.671. The summed E-state index contributed by atoms with van der Waals surface area (Å²) in [5.74, 6) is -0.312. The fourth-order valence-corrected chi connectivity index (χ4v) is 0.674. The van der Waals surface area contributed by atoms with Crippen LogP contribution in [-0.4, -0.2) is 21.9 Å². The van der Waals surface area contributed by atoms with Crippen LogP contribution in [0.15, 0.2) is 31.2 Å². The van der Waals surface area contributed by atoms with E-state index in [0.29, 0.717) is 0 Å². The highest BCUT2D eigenvalue weighted by molar-refractivity contribution is 6.04. The Balaban J connectivity index is 2.50. The average Bonchev–Trinajstić information content (AvgIpc) is 2.19. The van der Waals surface area contributed by atoms with Crippen LogP contribution < -0.4 is 10.6 Å². The molecule has 2 N–H and O–H groups in total. The second-order valence-corrected chi connectivity index (χ2v) is 2.24. The summed E-state index contributed by atoms with van der Waals surface area (Å²) in [5, 5.41) is 4.32. The summed E-state index contributed by atoms with van der Waals surface area (Å²) < 4.78 is 0. The molecule has 0 spiro atoms. The molecule has 0 fully saturated rings. The van der Waals surface area contributed by atoms with Crippen molar-refractivity contribution < 1.29 is 9.59 Å². The van der Waals surface area contributed by atoms with Crippen molar-refractivity contribution in [2.24, 2.45) is 0 Å². The topological polar surface area (TPSA) is 84.0 Å². The summed E-state index contributed by atoms with van der Waals surface area (Å²) >= 11 is 0. The molecule has 6 heteroatoms. The maximum absolute atomic E-state index is 11.0. The third-order valence-corrected chi connectivity index (χ3v) is 1.23. The molecule has 0 unspecified atom stereocenters. The van der Waals surface area contributed by atoms with Crippen molar-refractivity contribution in [1.82, 2.24) is 15.3 Å². The van der Waals surface area contributed by atoms with Crippen LogP contribution in [0.5, 0.6) is 0 Å². The molecule has 1 heterocycles. The number of nitrogens with zero attached hydrogens (tertiary/aromatic N) is 2. The van der Waals surface area contributed by atoms with Gasteiger partial charge in [0.05, 0.1) is 6.20 Å². The molecule has 6 nitrogen and oxygen atoms in total. The quantitative estimate of drug-likeness (QED) is 0.660. The maximum Gasteiger partial charge on any atom is 0.327 e. The van der Waals surface area contributed by atoms with Gasteiger partial charge in [0, 0.05) is 12.4 Å². The molecule has 0 saturated heterocycles. The first kappa shape index (κ1) is 9.85. The van der Waals surface area contributed by atoms with Gasteiger partial charge in [0.25, 0.3) is 5.91 Å². The minimum atomic E-state index is -0.671. The van der Waals surface area contributed by atoms with Crippen molar-refractivity contribution in [3.63, 3.8) is 0 Å². The minimum Gasteiger partial charge on any atom is -0.291 e. The highest BCUT2D eigenvalue weighted by atomic mass is 16.2. The molecule has 0 aliphatic heterocycles. The van der Waals surface area contributed by atoms with Gasteiger partial charge in [-0.05, 0) is 6.08 Å². The Hall–Kier alpha value is -2.24. The van der Waals surface area contributed by atoms with Crippen molar-refractivity contribution in [2.75, 3.05) is 5.32 Å². The number of rotatable bonds is 2. The molecule has 72 valence electrons. The smallest absolute Gasteiger partial charge is 0.291 e. The third-order valence-electron chi connectivity index (χ3n) is 1.23. The van der Waals surface area contributed by atoms with Gasteiger partial charge in [-0.15, -0.1) is 0 Å². The van der Waals surface area contributed by atoms with E-state index >= 15 is 0 Å². The second-order valence-electron chi connectivity index (χ2n) is 2.24. The van der Waals surface area contributed by atoms with Gasteiger partial charge < -0.3 is 0 Å². The van der Waals surface area contributed by atoms with Gasteiger partial charge >= 0.3 is 6.03 Å². The van der Waals surface area contributed by atoms with E-state index in [2.05, 4.69) is 21.9 Å². The number of urea groups is 1. The maximum atomic E-state index is 11.0. The van der Waals surface area contributed by atoms with Gasteiger partial charge in [0.1, 0.15) is 0 Å². The van der Waals surface area contributed by atoms with Crippen LogP contribution in [0.4, 0.5) is 10.6 Å². The summed E-state index contributed by atoms with van der Waals surface area (Å²) in [4.78, 5) is 29.2. The lowest BCUT2D eigenvalue weighted by molar-refractivity contribution is -0.115. The number of hydrogen-bond acceptors (Lipinski definition) is 4. The lowest BCUT2D eigenvalue weighted by Gasteiger charge is -2.02. The molecule has 1 rings (SSSR count). The molecule has 1 aromatic heterocycles. The van der Waals surface area contributed by atoms with Gasteiger partial charge in [0.15, 0.2) is 5.82 Å². The highest BCUT2D eigenvalue weighted by Gasteiger charge is 2.04. The zero-order chi connectivity index (χ0) is 10.4. The van der Waals surface area contributed by atoms with Crippen molar-refractivity contribution >= 4 is 17.8 Å². The van der Waals surface area contributed by atoms with Crippen LogP contribution in [0, 0.1) is 0 Å². The van der Waals surface area contributed by atoms with Crippen LogP contribution in [-0.2, 0) is 4.79 Å². The lowest BCUT2D eigenvalue weighted by Crippen LogP contribution is -2.33. The van der Waals surface area contributed by atoms with E-state index < -0.39 is 11.9 Å². The monoisotopic (exact) mass is 192 g/mol. The molecular formula is C8H8N4O2. The van der Waals surface area contributed by atoms with Crippen molar-refractivity contribution in [2.45, 2.75) is 0 Å². The van der Waals surface area contributed by atoms with E-state index in [1.165, 1.54) is 18.6 Å². The Morgan fingerprint density at radius 2 is 2.21 bits per heavy atom. The Morgan fingerprint density at radius 1 is 1.43 bits per heavy atom. The first-order valence-electron chi connectivity index (χ1n) is 3.73. The summed E-state index contributed by atoms with van der Waals surface area (Å²) in [6.45, 7) is 3.20. The first-order chi connectivity index (χ1) is 6.72. The number of imide groups is 1. The number of anilines is 1. The standard InChI is InChI=1S/C8H8N4O2/c1-2-7(13)12-8(14)11-6-5-9-3-4-10-6/h2-5H,1H2,(H2,10,11,12,13,14). The summed E-state index contributed by atoms with van der Waals surface area (Å²) in [7, 11) is 0. The molecule has 0 saturated carbocycles. The molecule has 0 bridgehead atoms. The molecule has 1 aromatic rings. The third kappa shape index (κ3) is 3.02. The van der Waals surface area contributed by atoms with Crippen molar-refractivity contribution in [3.05, 3.63) is 31.2 Å². The summed E-state index contributed by atoms with van der Waals surface area (Å²) in [6.07, 6.45) is 5.25. The predicted molar refractivity (Wildman–Crippen MR) is 49.4 cm³/mol. The molecule has 14 heavy (non-hydrogen) atoms. The van der Waals surface area contributed by atoms with E-state index in [1.54, 1.807) is 0 Å². The van der Waals surface area contributed by atoms with Gasteiger partial charge in [-0.3, -0.25) is 20.4 Å². The zero-order valence-corrected chi connectivity index (χ0v) is 7.23.